The van der Waals surface area contributed by atoms with E-state index in [2.05, 4.69) is 48.3 Å². The molecule has 0 bridgehead atoms. The topological polar surface area (TPSA) is 34.0 Å². The van der Waals surface area contributed by atoms with Crippen molar-refractivity contribution in [3.05, 3.63) is 24.2 Å². The third kappa shape index (κ3) is 2.95. The molecule has 2 aromatic rings. The number of hydrogen-bond acceptors (Lipinski definition) is 3. The van der Waals surface area contributed by atoms with Crippen molar-refractivity contribution in [1.82, 2.24) is 19.4 Å². The zero-order valence-electron chi connectivity index (χ0n) is 13.6. The minimum Gasteiger partial charge on any atom is -0.307 e. The fourth-order valence-corrected chi connectivity index (χ4v) is 3.50. The lowest BCUT2D eigenvalue weighted by molar-refractivity contribution is 0.205. The van der Waals surface area contributed by atoms with Gasteiger partial charge in [0.25, 0.3) is 0 Å². The number of nitrogens with zero attached hydrogens (tertiary/aromatic N) is 4. The standard InChI is InChI=1S/C17H26N4/c1-17(2,3)21-15(11-13-7-6-10-20(4)12-13)19-14-8-5-9-18-16(14)21/h5,8-9,13H,6-7,10-12H2,1-4H3. The SMILES string of the molecule is CN1CCCC(Cc2nc3cccnc3n2C(C)(C)C)C1. The average molecular weight is 286 g/mol. The monoisotopic (exact) mass is 286 g/mol. The van der Waals surface area contributed by atoms with Crippen LogP contribution >= 0.6 is 0 Å². The number of aromatic nitrogens is 3. The molecule has 0 N–H and O–H groups in total. The summed E-state index contributed by atoms with van der Waals surface area (Å²) >= 11 is 0. The maximum Gasteiger partial charge on any atom is 0.160 e. The number of imidazole rings is 1. The molecule has 114 valence electrons. The first-order valence-electron chi connectivity index (χ1n) is 7.96. The van der Waals surface area contributed by atoms with Crippen LogP contribution in [-0.4, -0.2) is 39.6 Å². The molecule has 0 amide bonds. The van der Waals surface area contributed by atoms with Crippen molar-refractivity contribution >= 4 is 11.2 Å². The van der Waals surface area contributed by atoms with Crippen molar-refractivity contribution in [3.63, 3.8) is 0 Å². The van der Waals surface area contributed by atoms with Crippen molar-refractivity contribution in [2.45, 2.75) is 45.6 Å². The highest BCUT2D eigenvalue weighted by Gasteiger charge is 2.25. The molecule has 21 heavy (non-hydrogen) atoms. The van der Waals surface area contributed by atoms with E-state index in [-0.39, 0.29) is 5.54 Å². The van der Waals surface area contributed by atoms with Crippen molar-refractivity contribution in [1.29, 1.82) is 0 Å². The highest BCUT2D eigenvalue weighted by molar-refractivity contribution is 5.71. The summed E-state index contributed by atoms with van der Waals surface area (Å²) < 4.78 is 2.33. The number of piperidine rings is 1. The largest absolute Gasteiger partial charge is 0.307 e. The maximum absolute atomic E-state index is 4.88. The van der Waals surface area contributed by atoms with Crippen LogP contribution in [0, 0.1) is 5.92 Å². The van der Waals surface area contributed by atoms with Crippen LogP contribution in [0.5, 0.6) is 0 Å². The van der Waals surface area contributed by atoms with Crippen molar-refractivity contribution in [2.24, 2.45) is 5.92 Å². The van der Waals surface area contributed by atoms with Gasteiger partial charge >= 0.3 is 0 Å². The van der Waals surface area contributed by atoms with Gasteiger partial charge < -0.3 is 9.47 Å². The molecule has 1 atom stereocenters. The van der Waals surface area contributed by atoms with Gasteiger partial charge in [-0.05, 0) is 65.3 Å². The Labute approximate surface area is 127 Å². The lowest BCUT2D eigenvalue weighted by Crippen LogP contribution is -2.34. The Morgan fingerprint density at radius 2 is 2.14 bits per heavy atom. The van der Waals surface area contributed by atoms with Crippen LogP contribution < -0.4 is 0 Å². The number of hydrogen-bond donors (Lipinski definition) is 0. The van der Waals surface area contributed by atoms with Gasteiger partial charge in [0, 0.05) is 24.7 Å². The minimum atomic E-state index is 0.0129. The molecule has 2 aromatic heterocycles. The smallest absolute Gasteiger partial charge is 0.160 e. The second-order valence-corrected chi connectivity index (χ2v) is 7.36. The molecule has 0 saturated carbocycles. The molecular weight excluding hydrogens is 260 g/mol. The maximum atomic E-state index is 4.88. The predicted octanol–water partition coefficient (Wildman–Crippen LogP) is 3.07. The second-order valence-electron chi connectivity index (χ2n) is 7.36. The van der Waals surface area contributed by atoms with Crippen LogP contribution in [0.15, 0.2) is 18.3 Å². The third-order valence-corrected chi connectivity index (χ3v) is 4.35. The molecule has 3 rings (SSSR count). The molecule has 1 fully saturated rings. The van der Waals surface area contributed by atoms with Gasteiger partial charge in [-0.15, -0.1) is 0 Å². The van der Waals surface area contributed by atoms with Gasteiger partial charge in [0.1, 0.15) is 11.3 Å². The van der Waals surface area contributed by atoms with Gasteiger partial charge in [0.2, 0.25) is 0 Å². The summed E-state index contributed by atoms with van der Waals surface area (Å²) in [5.41, 5.74) is 2.05. The molecule has 1 unspecified atom stereocenters. The quantitative estimate of drug-likeness (QED) is 0.851. The molecule has 0 spiro atoms. The summed E-state index contributed by atoms with van der Waals surface area (Å²) in [5, 5.41) is 0. The zero-order chi connectivity index (χ0) is 15.0. The van der Waals surface area contributed by atoms with Crippen LogP contribution in [-0.2, 0) is 12.0 Å². The first-order valence-corrected chi connectivity index (χ1v) is 7.96. The van der Waals surface area contributed by atoms with Crippen molar-refractivity contribution < 1.29 is 0 Å². The number of pyridine rings is 1. The summed E-state index contributed by atoms with van der Waals surface area (Å²) in [6, 6.07) is 4.04. The van der Waals surface area contributed by atoms with E-state index in [1.807, 2.05) is 12.3 Å². The van der Waals surface area contributed by atoms with E-state index in [1.165, 1.54) is 31.8 Å². The molecule has 3 heterocycles. The van der Waals surface area contributed by atoms with Gasteiger partial charge in [-0.2, -0.15) is 0 Å². The Kier molecular flexibility index (Phi) is 3.74. The lowest BCUT2D eigenvalue weighted by atomic mass is 9.94. The second kappa shape index (κ2) is 5.41. The van der Waals surface area contributed by atoms with E-state index in [1.54, 1.807) is 0 Å². The molecule has 1 aliphatic rings. The normalized spacial score (nSPS) is 21.0. The molecule has 4 nitrogen and oxygen atoms in total. The highest BCUT2D eigenvalue weighted by atomic mass is 15.2. The molecule has 0 aliphatic carbocycles. The fourth-order valence-electron chi connectivity index (χ4n) is 3.50. The van der Waals surface area contributed by atoms with Gasteiger partial charge in [0.15, 0.2) is 5.65 Å². The van der Waals surface area contributed by atoms with Crippen LogP contribution in [0.3, 0.4) is 0 Å². The number of rotatable bonds is 2. The Balaban J connectivity index is 1.97. The Hall–Kier alpha value is -1.42. The van der Waals surface area contributed by atoms with E-state index in [9.17, 15) is 0 Å². The molecule has 1 aliphatic heterocycles. The van der Waals surface area contributed by atoms with Gasteiger partial charge in [-0.25, -0.2) is 9.97 Å². The summed E-state index contributed by atoms with van der Waals surface area (Å²) in [4.78, 5) is 11.9. The summed E-state index contributed by atoms with van der Waals surface area (Å²) in [6.07, 6.45) is 5.53. The Morgan fingerprint density at radius 3 is 2.86 bits per heavy atom. The van der Waals surface area contributed by atoms with Crippen molar-refractivity contribution in [3.8, 4) is 0 Å². The molecule has 1 saturated heterocycles. The minimum absolute atomic E-state index is 0.0129. The van der Waals surface area contributed by atoms with Crippen LogP contribution in [0.2, 0.25) is 0 Å². The summed E-state index contributed by atoms with van der Waals surface area (Å²) in [5.74, 6) is 1.90. The van der Waals surface area contributed by atoms with Gasteiger partial charge in [-0.3, -0.25) is 0 Å². The van der Waals surface area contributed by atoms with Crippen LogP contribution in [0.4, 0.5) is 0 Å². The fraction of sp³-hybridized carbons (Fsp3) is 0.647. The van der Waals surface area contributed by atoms with E-state index in [0.717, 1.165) is 17.6 Å². The molecular formula is C17H26N4. The molecule has 4 heteroatoms. The van der Waals surface area contributed by atoms with Crippen LogP contribution in [0.1, 0.15) is 39.4 Å². The Morgan fingerprint density at radius 1 is 1.33 bits per heavy atom. The first-order chi connectivity index (χ1) is 9.95. The van der Waals surface area contributed by atoms with E-state index >= 15 is 0 Å². The number of fused-ring (bicyclic) bond motifs is 1. The summed E-state index contributed by atoms with van der Waals surface area (Å²) in [7, 11) is 2.22. The Bertz CT molecular complexity index is 623. The average Bonchev–Trinajstić information content (AvgIpc) is 2.76. The van der Waals surface area contributed by atoms with Crippen LogP contribution in [0.25, 0.3) is 11.2 Å². The van der Waals surface area contributed by atoms with Crippen molar-refractivity contribution in [2.75, 3.05) is 20.1 Å². The third-order valence-electron chi connectivity index (χ3n) is 4.35. The van der Waals surface area contributed by atoms with E-state index in [0.29, 0.717) is 5.92 Å². The predicted molar refractivity (Wildman–Crippen MR) is 86.4 cm³/mol. The first kappa shape index (κ1) is 14.5. The highest BCUT2D eigenvalue weighted by Crippen LogP contribution is 2.27. The van der Waals surface area contributed by atoms with Gasteiger partial charge in [0.05, 0.1) is 0 Å². The summed E-state index contributed by atoms with van der Waals surface area (Å²) in [6.45, 7) is 9.12. The molecule has 0 aromatic carbocycles. The van der Waals surface area contributed by atoms with E-state index < -0.39 is 0 Å². The van der Waals surface area contributed by atoms with Gasteiger partial charge in [-0.1, -0.05) is 0 Å². The van der Waals surface area contributed by atoms with E-state index in [4.69, 9.17) is 4.98 Å². The zero-order valence-corrected chi connectivity index (χ0v) is 13.6. The lowest BCUT2D eigenvalue weighted by Gasteiger charge is -2.31. The number of likely N-dealkylation sites (tertiary alicyclic amines) is 1. The molecule has 0 radical (unpaired) electrons.